The van der Waals surface area contributed by atoms with E-state index in [-0.39, 0.29) is 23.0 Å². The third-order valence-corrected chi connectivity index (χ3v) is 12.7. The van der Waals surface area contributed by atoms with E-state index in [0.29, 0.717) is 36.1 Å². The van der Waals surface area contributed by atoms with Gasteiger partial charge in [-0.2, -0.15) is 0 Å². The van der Waals surface area contributed by atoms with Gasteiger partial charge in [-0.15, -0.1) is 0 Å². The number of ether oxygens (including phenoxy) is 1. The summed E-state index contributed by atoms with van der Waals surface area (Å²) in [5, 5.41) is 7.02. The van der Waals surface area contributed by atoms with E-state index in [9.17, 15) is 9.59 Å². The Morgan fingerprint density at radius 3 is 2.00 bits per heavy atom. The molecule has 47 heavy (non-hydrogen) atoms. The topological polar surface area (TPSA) is 67.4 Å². The molecule has 1 heterocycles. The average molecular weight is 659 g/mol. The highest BCUT2D eigenvalue weighted by atomic mass is 16.5. The van der Waals surface area contributed by atoms with Crippen molar-refractivity contribution in [2.75, 3.05) is 13.2 Å². The van der Waals surface area contributed by atoms with E-state index >= 15 is 0 Å². The van der Waals surface area contributed by atoms with Crippen molar-refractivity contribution in [3.05, 3.63) is 0 Å². The van der Waals surface area contributed by atoms with Gasteiger partial charge in [-0.1, -0.05) is 118 Å². The molecule has 3 atom stereocenters. The molecule has 2 N–H and O–H groups in total. The number of ketones is 1. The van der Waals surface area contributed by atoms with Crippen molar-refractivity contribution in [1.29, 1.82) is 0 Å². The van der Waals surface area contributed by atoms with Crippen LogP contribution in [0.5, 0.6) is 0 Å². The van der Waals surface area contributed by atoms with Crippen LogP contribution in [-0.2, 0) is 14.3 Å². The van der Waals surface area contributed by atoms with Crippen LogP contribution >= 0.6 is 0 Å². The molecule has 2 aliphatic carbocycles. The van der Waals surface area contributed by atoms with Crippen molar-refractivity contribution >= 4 is 11.7 Å². The van der Waals surface area contributed by atoms with Gasteiger partial charge < -0.3 is 15.4 Å². The van der Waals surface area contributed by atoms with Crippen LogP contribution in [0.25, 0.3) is 0 Å². The smallest absolute Gasteiger partial charge is 0.220 e. The van der Waals surface area contributed by atoms with Crippen LogP contribution < -0.4 is 10.6 Å². The molecule has 0 aromatic heterocycles. The maximum Gasteiger partial charge on any atom is 0.220 e. The summed E-state index contributed by atoms with van der Waals surface area (Å²) in [5.41, 5.74) is -0.155. The van der Waals surface area contributed by atoms with Gasteiger partial charge >= 0.3 is 0 Å². The predicted molar refractivity (Wildman–Crippen MR) is 199 cm³/mol. The lowest BCUT2D eigenvalue weighted by atomic mass is 9.59. The second-order valence-corrected chi connectivity index (χ2v) is 17.5. The number of unbranched alkanes of at least 4 members (excludes halogenated alkanes) is 1. The van der Waals surface area contributed by atoms with Gasteiger partial charge in [0, 0.05) is 31.0 Å². The molecule has 3 rings (SSSR count). The molecule has 5 heteroatoms. The summed E-state index contributed by atoms with van der Waals surface area (Å²) in [4.78, 5) is 26.7. The van der Waals surface area contributed by atoms with Crippen molar-refractivity contribution in [1.82, 2.24) is 10.6 Å². The monoisotopic (exact) mass is 659 g/mol. The normalized spacial score (nSPS) is 25.7. The number of carbonyl (C=O) groups excluding carboxylic acids is 2. The molecular formula is C42H78N2O3. The molecule has 1 amide bonds. The summed E-state index contributed by atoms with van der Waals surface area (Å²) < 4.78 is 6.38. The van der Waals surface area contributed by atoms with Gasteiger partial charge in [0.1, 0.15) is 0 Å². The highest BCUT2D eigenvalue weighted by molar-refractivity contribution is 5.91. The van der Waals surface area contributed by atoms with Gasteiger partial charge in [0.2, 0.25) is 5.91 Å². The number of nitrogens with one attached hydrogen (secondary N) is 2. The maximum absolute atomic E-state index is 13.9. The average Bonchev–Trinajstić information content (AvgIpc) is 3.15. The molecule has 3 fully saturated rings. The lowest BCUT2D eigenvalue weighted by Gasteiger charge is -2.50. The Bertz CT molecular complexity index is 884. The first-order valence-corrected chi connectivity index (χ1v) is 20.7. The third-order valence-electron chi connectivity index (χ3n) is 12.7. The maximum atomic E-state index is 13.9. The van der Waals surface area contributed by atoms with E-state index in [2.05, 4.69) is 52.2 Å². The Labute approximate surface area is 291 Å². The van der Waals surface area contributed by atoms with Crippen LogP contribution in [0, 0.1) is 22.7 Å². The molecule has 274 valence electrons. The van der Waals surface area contributed by atoms with Crippen LogP contribution in [0.3, 0.4) is 0 Å². The molecule has 2 saturated carbocycles. The fourth-order valence-electron chi connectivity index (χ4n) is 9.59. The lowest BCUT2D eigenvalue weighted by molar-refractivity contribution is -0.141. The fraction of sp³-hybridized carbons (Fsp3) is 0.952. The van der Waals surface area contributed by atoms with E-state index in [1.165, 1.54) is 109 Å². The van der Waals surface area contributed by atoms with Crippen LogP contribution in [-0.4, -0.2) is 42.5 Å². The third kappa shape index (κ3) is 13.7. The number of hydrogen-bond donors (Lipinski definition) is 2. The highest BCUT2D eigenvalue weighted by Gasteiger charge is 2.51. The fourth-order valence-corrected chi connectivity index (χ4v) is 9.59. The summed E-state index contributed by atoms with van der Waals surface area (Å²) in [5.74, 6) is 1.95. The Balaban J connectivity index is 1.33. The van der Waals surface area contributed by atoms with E-state index in [4.69, 9.17) is 4.74 Å². The number of piperidine rings is 1. The van der Waals surface area contributed by atoms with E-state index in [0.717, 1.165) is 57.5 Å². The summed E-state index contributed by atoms with van der Waals surface area (Å²) in [7, 11) is 0. The molecule has 0 bridgehead atoms. The lowest BCUT2D eigenvalue weighted by Crippen LogP contribution is -2.62. The molecule has 1 saturated heterocycles. The second kappa shape index (κ2) is 20.7. The Morgan fingerprint density at radius 2 is 1.38 bits per heavy atom. The molecule has 0 spiro atoms. The van der Waals surface area contributed by atoms with Crippen molar-refractivity contribution in [2.45, 2.75) is 220 Å². The Hall–Kier alpha value is -0.940. The Morgan fingerprint density at radius 1 is 0.809 bits per heavy atom. The molecule has 0 aromatic carbocycles. The number of fused-ring (bicyclic) bond motifs is 1. The number of hydrogen-bond acceptors (Lipinski definition) is 4. The van der Waals surface area contributed by atoms with Crippen LogP contribution in [0.4, 0.5) is 0 Å². The first kappa shape index (κ1) is 40.5. The quantitative estimate of drug-likeness (QED) is 0.162. The summed E-state index contributed by atoms with van der Waals surface area (Å²) >= 11 is 0. The molecule has 1 aliphatic heterocycles. The zero-order valence-corrected chi connectivity index (χ0v) is 32.1. The molecule has 0 radical (unpaired) electrons. The van der Waals surface area contributed by atoms with Crippen LogP contribution in [0.15, 0.2) is 0 Å². The summed E-state index contributed by atoms with van der Waals surface area (Å²) in [6.07, 6.45) is 30.0. The van der Waals surface area contributed by atoms with E-state index in [1.54, 1.807) is 0 Å². The standard InChI is InChI=1S/C42H78N2O3/c1-7-42(8-2)35-25-19-15-12-16-20-26-36(35)44-37(39(42)46)27-21-22-31-43-38(45)28-29-41(5,6)47-32-30-40(3,4)33-34-23-17-13-10-9-11-14-18-24-34/h34-37,44H,7-33H2,1-6H3,(H,43,45). The minimum Gasteiger partial charge on any atom is -0.376 e. The SMILES string of the molecule is CCC1(CC)C(=O)C(CCCCNC(=O)CCC(C)(C)OCCC(C)(C)CC2CCCCCCCCC2)NC2CCCCCCCC21. The van der Waals surface area contributed by atoms with Crippen LogP contribution in [0.2, 0.25) is 0 Å². The van der Waals surface area contributed by atoms with Crippen molar-refractivity contribution in [3.8, 4) is 0 Å². The minimum absolute atomic E-state index is 0.0265. The zero-order chi connectivity index (χ0) is 34.2. The van der Waals surface area contributed by atoms with Crippen molar-refractivity contribution < 1.29 is 14.3 Å². The molecular weight excluding hydrogens is 580 g/mol. The van der Waals surface area contributed by atoms with Gasteiger partial charge in [-0.05, 0) is 95.3 Å². The first-order chi connectivity index (χ1) is 22.5. The highest BCUT2D eigenvalue weighted by Crippen LogP contribution is 2.47. The van der Waals surface area contributed by atoms with Gasteiger partial charge in [-0.3, -0.25) is 9.59 Å². The largest absolute Gasteiger partial charge is 0.376 e. The van der Waals surface area contributed by atoms with Gasteiger partial charge in [0.25, 0.3) is 0 Å². The molecule has 5 nitrogen and oxygen atoms in total. The van der Waals surface area contributed by atoms with Crippen LogP contribution in [0.1, 0.15) is 202 Å². The van der Waals surface area contributed by atoms with Gasteiger partial charge in [0.15, 0.2) is 5.78 Å². The number of carbonyl (C=O) groups is 2. The number of Topliss-reactive ketones (excluding diaryl/α,β-unsaturated/α-hetero) is 1. The first-order valence-electron chi connectivity index (χ1n) is 20.7. The van der Waals surface area contributed by atoms with Gasteiger partial charge in [-0.25, -0.2) is 0 Å². The zero-order valence-electron chi connectivity index (χ0n) is 32.1. The van der Waals surface area contributed by atoms with Crippen molar-refractivity contribution in [2.24, 2.45) is 22.7 Å². The summed E-state index contributed by atoms with van der Waals surface area (Å²) in [6.45, 7) is 15.1. The van der Waals surface area contributed by atoms with Crippen molar-refractivity contribution in [3.63, 3.8) is 0 Å². The Kier molecular flexibility index (Phi) is 17.8. The predicted octanol–water partition coefficient (Wildman–Crippen LogP) is 10.9. The number of amides is 1. The second-order valence-electron chi connectivity index (χ2n) is 17.5. The number of rotatable bonds is 16. The van der Waals surface area contributed by atoms with Gasteiger partial charge in [0.05, 0.1) is 11.6 Å². The molecule has 3 aliphatic rings. The molecule has 0 aromatic rings. The summed E-state index contributed by atoms with van der Waals surface area (Å²) in [6, 6.07) is 0.453. The van der Waals surface area contributed by atoms with E-state index in [1.807, 2.05) is 0 Å². The minimum atomic E-state index is -0.296. The van der Waals surface area contributed by atoms with E-state index < -0.39 is 0 Å². The molecule has 3 unspecified atom stereocenters.